The van der Waals surface area contributed by atoms with E-state index in [2.05, 4.69) is 0 Å². The van der Waals surface area contributed by atoms with Crippen LogP contribution in [0, 0.1) is 11.8 Å². The minimum Gasteiger partial charge on any atom is -0.371 e. The first kappa shape index (κ1) is 13.7. The highest BCUT2D eigenvalue weighted by Crippen LogP contribution is 2.20. The van der Waals surface area contributed by atoms with Crippen LogP contribution in [0.25, 0.3) is 0 Å². The van der Waals surface area contributed by atoms with Crippen molar-refractivity contribution in [2.45, 2.75) is 27.7 Å². The van der Waals surface area contributed by atoms with E-state index in [1.165, 1.54) is 0 Å². The van der Waals surface area contributed by atoms with E-state index in [4.69, 9.17) is 31.0 Å². The van der Waals surface area contributed by atoms with Crippen molar-refractivity contribution in [1.82, 2.24) is 0 Å². The Bertz CT molecular complexity index is 126. The van der Waals surface area contributed by atoms with Crippen molar-refractivity contribution in [3.63, 3.8) is 0 Å². The number of hydrogen-bond donors (Lipinski definition) is 0. The Kier molecular flexibility index (Phi) is 6.59. The van der Waals surface area contributed by atoms with E-state index < -0.39 is 7.18 Å². The van der Waals surface area contributed by atoms with Gasteiger partial charge in [-0.1, -0.05) is 49.9 Å². The second-order valence-electron chi connectivity index (χ2n) is 3.87. The molecular weight excluding hydrogens is 227 g/mol. The van der Waals surface area contributed by atoms with E-state index in [0.29, 0.717) is 25.0 Å². The minimum atomic E-state index is -2.88. The fourth-order valence-corrected chi connectivity index (χ4v) is 2.46. The highest BCUT2D eigenvalue weighted by Gasteiger charge is 2.34. The summed E-state index contributed by atoms with van der Waals surface area (Å²) >= 11 is 11.8. The Morgan fingerprint density at radius 3 is 1.46 bits per heavy atom. The van der Waals surface area contributed by atoms with Crippen molar-refractivity contribution >= 4 is 29.3 Å². The first-order valence-electron chi connectivity index (χ1n) is 4.49. The van der Waals surface area contributed by atoms with Crippen LogP contribution in [-0.4, -0.2) is 20.4 Å². The Labute approximate surface area is 91.2 Å². The molecule has 0 saturated heterocycles. The van der Waals surface area contributed by atoms with Gasteiger partial charge in [0.25, 0.3) is 0 Å². The first-order chi connectivity index (χ1) is 5.83. The molecule has 0 fully saturated rings. The van der Waals surface area contributed by atoms with Gasteiger partial charge in [-0.05, 0) is 11.8 Å². The zero-order valence-corrected chi connectivity index (χ0v) is 11.2. The molecule has 0 atom stereocenters. The highest BCUT2D eigenvalue weighted by molar-refractivity contribution is 7.39. The van der Waals surface area contributed by atoms with Crippen molar-refractivity contribution in [1.29, 1.82) is 0 Å². The summed E-state index contributed by atoms with van der Waals surface area (Å²) in [5.41, 5.74) is 0. The van der Waals surface area contributed by atoms with Gasteiger partial charge in [0, 0.05) is 13.2 Å². The van der Waals surface area contributed by atoms with Gasteiger partial charge in [-0.2, -0.15) is 0 Å². The Balaban J connectivity index is 3.66. The molecule has 0 unspecified atom stereocenters. The van der Waals surface area contributed by atoms with E-state index in [-0.39, 0.29) is 0 Å². The van der Waals surface area contributed by atoms with Crippen molar-refractivity contribution in [3.05, 3.63) is 0 Å². The van der Waals surface area contributed by atoms with Gasteiger partial charge >= 0.3 is 7.18 Å². The summed E-state index contributed by atoms with van der Waals surface area (Å²) < 4.78 is 10.6. The third-order valence-corrected chi connectivity index (χ3v) is 3.48. The Morgan fingerprint density at radius 1 is 0.923 bits per heavy atom. The van der Waals surface area contributed by atoms with Crippen LogP contribution in [0.1, 0.15) is 27.7 Å². The molecule has 0 spiro atoms. The van der Waals surface area contributed by atoms with Crippen molar-refractivity contribution < 1.29 is 8.85 Å². The van der Waals surface area contributed by atoms with Crippen LogP contribution >= 0.6 is 22.2 Å². The molecule has 0 heterocycles. The Hall–Kier alpha value is 0.717. The maximum Gasteiger partial charge on any atom is 0.551 e. The van der Waals surface area contributed by atoms with E-state index in [0.717, 1.165) is 0 Å². The van der Waals surface area contributed by atoms with E-state index in [1.54, 1.807) is 0 Å². The molecule has 0 aromatic rings. The first-order valence-corrected chi connectivity index (χ1v) is 8.33. The molecule has 13 heavy (non-hydrogen) atoms. The van der Waals surface area contributed by atoms with Crippen molar-refractivity contribution in [3.8, 4) is 0 Å². The average Bonchev–Trinajstić information content (AvgIpc) is 1.98. The predicted molar refractivity (Wildman–Crippen MR) is 59.0 cm³/mol. The summed E-state index contributed by atoms with van der Waals surface area (Å²) in [7, 11) is -2.88. The summed E-state index contributed by atoms with van der Waals surface area (Å²) in [6.07, 6.45) is 0. The lowest BCUT2D eigenvalue weighted by molar-refractivity contribution is 0.170. The molecule has 0 N–H and O–H groups in total. The second kappa shape index (κ2) is 6.25. The average molecular weight is 245 g/mol. The minimum absolute atomic E-state index is 0.423. The van der Waals surface area contributed by atoms with Gasteiger partial charge in [0.05, 0.1) is 0 Å². The lowest BCUT2D eigenvalue weighted by Crippen LogP contribution is -2.32. The van der Waals surface area contributed by atoms with Crippen molar-refractivity contribution in [2.75, 3.05) is 13.2 Å². The summed E-state index contributed by atoms with van der Waals surface area (Å²) in [5, 5.41) is 0. The highest BCUT2D eigenvalue weighted by atomic mass is 35.7. The van der Waals surface area contributed by atoms with E-state index in [1.807, 2.05) is 27.7 Å². The van der Waals surface area contributed by atoms with Crippen LogP contribution in [0.5, 0.6) is 0 Å². The molecule has 0 aromatic carbocycles. The lowest BCUT2D eigenvalue weighted by atomic mass is 10.2. The summed E-state index contributed by atoms with van der Waals surface area (Å²) in [6.45, 7) is 9.28. The molecule has 0 aliphatic heterocycles. The molecule has 0 saturated carbocycles. The third-order valence-electron chi connectivity index (χ3n) is 1.17. The number of hydrogen-bond acceptors (Lipinski definition) is 2. The summed E-state index contributed by atoms with van der Waals surface area (Å²) in [5.74, 6) is 0.846. The molecule has 0 bridgehead atoms. The predicted octanol–water partition coefficient (Wildman–Crippen LogP) is 3.24. The van der Waals surface area contributed by atoms with Gasteiger partial charge in [0.1, 0.15) is 0 Å². The topological polar surface area (TPSA) is 18.5 Å². The quantitative estimate of drug-likeness (QED) is 0.528. The molecule has 0 radical (unpaired) electrons. The fourth-order valence-electron chi connectivity index (χ4n) is 0.569. The van der Waals surface area contributed by atoms with Crippen LogP contribution in [0.3, 0.4) is 0 Å². The smallest absolute Gasteiger partial charge is 0.371 e. The second-order valence-corrected chi connectivity index (χ2v) is 8.94. The fraction of sp³-hybridized carbons (Fsp3) is 1.00. The molecule has 0 aliphatic carbocycles. The van der Waals surface area contributed by atoms with Gasteiger partial charge in [0.2, 0.25) is 0 Å². The van der Waals surface area contributed by atoms with Crippen LogP contribution < -0.4 is 0 Å². The standard InChI is InChI=1S/C8H18Cl2O2Si/c1-7(2)5-11-13(9,10)12-6-8(3)4/h7-8H,5-6H2,1-4H3. The normalized spacial score (nSPS) is 12.9. The molecule has 5 heteroatoms. The van der Waals surface area contributed by atoms with Gasteiger partial charge in [-0.15, -0.1) is 0 Å². The van der Waals surface area contributed by atoms with Gasteiger partial charge in [-0.3, -0.25) is 0 Å². The van der Waals surface area contributed by atoms with E-state index in [9.17, 15) is 0 Å². The molecule has 0 amide bonds. The molecule has 2 nitrogen and oxygen atoms in total. The van der Waals surface area contributed by atoms with Crippen molar-refractivity contribution in [2.24, 2.45) is 11.8 Å². The Morgan fingerprint density at radius 2 is 1.23 bits per heavy atom. The van der Waals surface area contributed by atoms with Gasteiger partial charge in [-0.25, -0.2) is 0 Å². The number of halogens is 2. The van der Waals surface area contributed by atoms with Crippen LogP contribution in [0.2, 0.25) is 0 Å². The van der Waals surface area contributed by atoms with Gasteiger partial charge < -0.3 is 8.85 Å². The van der Waals surface area contributed by atoms with Crippen LogP contribution in [0.4, 0.5) is 0 Å². The molecular formula is C8H18Cl2O2Si. The van der Waals surface area contributed by atoms with Crippen LogP contribution in [0.15, 0.2) is 0 Å². The lowest BCUT2D eigenvalue weighted by Gasteiger charge is -2.19. The third kappa shape index (κ3) is 9.03. The number of rotatable bonds is 6. The summed E-state index contributed by atoms with van der Waals surface area (Å²) in [4.78, 5) is 0. The zero-order chi connectivity index (χ0) is 10.5. The molecule has 0 aromatic heterocycles. The van der Waals surface area contributed by atoms with Crippen LogP contribution in [-0.2, 0) is 8.85 Å². The summed E-state index contributed by atoms with van der Waals surface area (Å²) in [6, 6.07) is 0. The van der Waals surface area contributed by atoms with Gasteiger partial charge in [0.15, 0.2) is 0 Å². The molecule has 0 rings (SSSR count). The monoisotopic (exact) mass is 244 g/mol. The zero-order valence-electron chi connectivity index (χ0n) is 8.64. The maximum absolute atomic E-state index is 5.88. The maximum atomic E-state index is 5.88. The molecule has 80 valence electrons. The molecule has 0 aliphatic rings. The van der Waals surface area contributed by atoms with E-state index >= 15 is 0 Å². The largest absolute Gasteiger partial charge is 0.551 e. The SMILES string of the molecule is CC(C)CO[Si](Cl)(Cl)OCC(C)C.